The molecule has 8 nitrogen and oxygen atoms in total. The van der Waals surface area contributed by atoms with Gasteiger partial charge in [-0.2, -0.15) is 0 Å². The van der Waals surface area contributed by atoms with E-state index in [0.29, 0.717) is 24.1 Å². The Morgan fingerprint density at radius 3 is 2.24 bits per heavy atom. The maximum Gasteiger partial charge on any atom is 0.259 e. The van der Waals surface area contributed by atoms with E-state index in [4.69, 9.17) is 5.73 Å². The summed E-state index contributed by atoms with van der Waals surface area (Å²) in [6, 6.07) is 6.29. The van der Waals surface area contributed by atoms with Crippen LogP contribution in [0.5, 0.6) is 0 Å². The number of aromatic nitrogens is 3. The number of anilines is 2. The monoisotopic (exact) mass is 458 g/mol. The van der Waals surface area contributed by atoms with Crippen LogP contribution in [0.1, 0.15) is 48.9 Å². The molecule has 1 aromatic carbocycles. The molecule has 3 heterocycles. The standard InChI is InChI=1S/C17H24N6O2.C6H4F2/c18-15-14(17(25)19-11-3-5-12(24)6-4-11)16-20-13(7-10-23(16)21-15)22-8-1-2-9-22;7-5-1-2-6(8)4-3-5/h7,10-12,24H,1-6,8-9H2,(H2,18,21)(H,19,25);1-4H. The Labute approximate surface area is 190 Å². The molecule has 2 aliphatic rings. The minimum absolute atomic E-state index is 0.0621. The summed E-state index contributed by atoms with van der Waals surface area (Å²) in [5.74, 6) is -0.00286. The van der Waals surface area contributed by atoms with E-state index in [1.54, 1.807) is 10.7 Å². The lowest BCUT2D eigenvalue weighted by atomic mass is 9.93. The van der Waals surface area contributed by atoms with Crippen molar-refractivity contribution in [1.29, 1.82) is 0 Å². The molecule has 1 saturated heterocycles. The quantitative estimate of drug-likeness (QED) is 0.557. The minimum atomic E-state index is -0.411. The second-order valence-corrected chi connectivity index (χ2v) is 8.42. The van der Waals surface area contributed by atoms with Crippen molar-refractivity contribution in [3.05, 3.63) is 53.7 Å². The first-order chi connectivity index (χ1) is 15.9. The fourth-order valence-electron chi connectivity index (χ4n) is 4.18. The molecular weight excluding hydrogens is 430 g/mol. The lowest BCUT2D eigenvalue weighted by molar-refractivity contribution is 0.0869. The molecule has 1 aliphatic carbocycles. The van der Waals surface area contributed by atoms with Gasteiger partial charge in [0.25, 0.3) is 5.91 Å². The maximum absolute atomic E-state index is 12.8. The molecule has 10 heteroatoms. The molecule has 1 saturated carbocycles. The SMILES string of the molecule is Fc1ccc(F)cc1.Nc1nn2ccc(N3CCCC3)nc2c1C(=O)NC1CCC(O)CC1. The van der Waals surface area contributed by atoms with Gasteiger partial charge in [-0.1, -0.05) is 0 Å². The number of nitrogen functional groups attached to an aromatic ring is 1. The third kappa shape index (κ3) is 5.57. The Hall–Kier alpha value is -3.27. The highest BCUT2D eigenvalue weighted by molar-refractivity contribution is 6.04. The molecule has 4 N–H and O–H groups in total. The van der Waals surface area contributed by atoms with Gasteiger partial charge in [-0.25, -0.2) is 18.3 Å². The lowest BCUT2D eigenvalue weighted by Crippen LogP contribution is -2.38. The number of aliphatic hydroxyl groups is 1. The first-order valence-corrected chi connectivity index (χ1v) is 11.2. The highest BCUT2D eigenvalue weighted by Gasteiger charge is 2.26. The van der Waals surface area contributed by atoms with Gasteiger partial charge in [-0.3, -0.25) is 4.79 Å². The number of rotatable bonds is 3. The Morgan fingerprint density at radius 2 is 1.64 bits per heavy atom. The van der Waals surface area contributed by atoms with Crippen LogP contribution in [0, 0.1) is 11.6 Å². The van der Waals surface area contributed by atoms with E-state index in [1.165, 1.54) is 0 Å². The summed E-state index contributed by atoms with van der Waals surface area (Å²) in [5, 5.41) is 16.9. The highest BCUT2D eigenvalue weighted by Crippen LogP contribution is 2.24. The largest absolute Gasteiger partial charge is 0.393 e. The summed E-state index contributed by atoms with van der Waals surface area (Å²) in [5.41, 5.74) is 6.83. The molecule has 2 fully saturated rings. The van der Waals surface area contributed by atoms with Gasteiger partial charge in [0.2, 0.25) is 0 Å². The molecule has 0 atom stereocenters. The molecule has 0 bridgehead atoms. The third-order valence-corrected chi connectivity index (χ3v) is 5.99. The van der Waals surface area contributed by atoms with Gasteiger partial charge >= 0.3 is 0 Å². The molecule has 3 aromatic rings. The van der Waals surface area contributed by atoms with Gasteiger partial charge < -0.3 is 21.1 Å². The molecule has 0 spiro atoms. The summed E-state index contributed by atoms with van der Waals surface area (Å²) in [6.07, 6.45) is 6.86. The summed E-state index contributed by atoms with van der Waals surface area (Å²) in [7, 11) is 0. The van der Waals surface area contributed by atoms with Crippen LogP contribution in [0.2, 0.25) is 0 Å². The number of hydrogen-bond acceptors (Lipinski definition) is 6. The number of hydrogen-bond donors (Lipinski definition) is 3. The van der Waals surface area contributed by atoms with E-state index in [1.807, 2.05) is 6.07 Å². The maximum atomic E-state index is 12.8. The number of halogens is 2. The number of nitrogens with zero attached hydrogens (tertiary/aromatic N) is 4. The molecule has 1 aliphatic heterocycles. The minimum Gasteiger partial charge on any atom is -0.393 e. The molecule has 2 aromatic heterocycles. The van der Waals surface area contributed by atoms with E-state index in [-0.39, 0.29) is 23.9 Å². The second-order valence-electron chi connectivity index (χ2n) is 8.42. The van der Waals surface area contributed by atoms with Crippen LogP contribution in [-0.2, 0) is 0 Å². The van der Waals surface area contributed by atoms with Crippen molar-refractivity contribution in [2.24, 2.45) is 0 Å². The Kier molecular flexibility index (Phi) is 7.02. The van der Waals surface area contributed by atoms with E-state index in [0.717, 1.165) is 68.9 Å². The van der Waals surface area contributed by atoms with Crippen molar-refractivity contribution in [1.82, 2.24) is 19.9 Å². The average molecular weight is 459 g/mol. The van der Waals surface area contributed by atoms with Gasteiger partial charge in [-0.15, -0.1) is 5.10 Å². The summed E-state index contributed by atoms with van der Waals surface area (Å²) in [4.78, 5) is 19.6. The van der Waals surface area contributed by atoms with Crippen molar-refractivity contribution >= 4 is 23.2 Å². The van der Waals surface area contributed by atoms with Crippen LogP contribution in [0.15, 0.2) is 36.5 Å². The van der Waals surface area contributed by atoms with Gasteiger partial charge in [0, 0.05) is 25.3 Å². The number of amides is 1. The Balaban J connectivity index is 0.000000275. The van der Waals surface area contributed by atoms with Crippen LogP contribution < -0.4 is 16.0 Å². The van der Waals surface area contributed by atoms with Gasteiger partial charge in [0.1, 0.15) is 23.0 Å². The fourth-order valence-corrected chi connectivity index (χ4v) is 4.18. The highest BCUT2D eigenvalue weighted by atomic mass is 19.1. The Bertz CT molecular complexity index is 1070. The van der Waals surface area contributed by atoms with Crippen LogP contribution >= 0.6 is 0 Å². The van der Waals surface area contributed by atoms with E-state index in [9.17, 15) is 18.7 Å². The predicted octanol–water partition coefficient (Wildman–Crippen LogP) is 2.91. The molecular formula is C23H28F2N6O2. The molecule has 1 amide bonds. The summed E-state index contributed by atoms with van der Waals surface area (Å²) in [6.45, 7) is 1.97. The number of benzene rings is 1. The number of carbonyl (C=O) groups is 1. The molecule has 5 rings (SSSR count). The lowest BCUT2D eigenvalue weighted by Gasteiger charge is -2.26. The van der Waals surface area contributed by atoms with E-state index >= 15 is 0 Å². The first kappa shape index (κ1) is 22.9. The number of nitrogens with one attached hydrogen (secondary N) is 1. The van der Waals surface area contributed by atoms with Crippen LogP contribution in [0.4, 0.5) is 20.4 Å². The number of aliphatic hydroxyl groups excluding tert-OH is 1. The summed E-state index contributed by atoms with van der Waals surface area (Å²) < 4.78 is 25.4. The van der Waals surface area contributed by atoms with Gasteiger partial charge in [-0.05, 0) is 68.9 Å². The van der Waals surface area contributed by atoms with Crippen molar-refractivity contribution in [3.8, 4) is 0 Å². The van der Waals surface area contributed by atoms with Gasteiger partial charge in [0.15, 0.2) is 11.5 Å². The zero-order valence-electron chi connectivity index (χ0n) is 18.3. The average Bonchev–Trinajstić information content (AvgIpc) is 3.44. The summed E-state index contributed by atoms with van der Waals surface area (Å²) >= 11 is 0. The van der Waals surface area contributed by atoms with Crippen LogP contribution in [-0.4, -0.2) is 50.8 Å². The van der Waals surface area contributed by atoms with Crippen molar-refractivity contribution < 1.29 is 18.7 Å². The first-order valence-electron chi connectivity index (χ1n) is 11.2. The van der Waals surface area contributed by atoms with Crippen molar-refractivity contribution in [2.45, 2.75) is 50.7 Å². The molecule has 33 heavy (non-hydrogen) atoms. The zero-order chi connectivity index (χ0) is 23.4. The molecule has 0 radical (unpaired) electrons. The number of carbonyl (C=O) groups excluding carboxylic acids is 1. The number of fused-ring (bicyclic) bond motifs is 1. The number of nitrogens with two attached hydrogens (primary N) is 1. The van der Waals surface area contributed by atoms with E-state index in [2.05, 4.69) is 20.3 Å². The molecule has 0 unspecified atom stereocenters. The van der Waals surface area contributed by atoms with Crippen molar-refractivity contribution in [3.63, 3.8) is 0 Å². The molecule has 176 valence electrons. The van der Waals surface area contributed by atoms with Gasteiger partial charge in [0.05, 0.1) is 6.10 Å². The van der Waals surface area contributed by atoms with Crippen LogP contribution in [0.3, 0.4) is 0 Å². The second kappa shape index (κ2) is 10.1. The van der Waals surface area contributed by atoms with Crippen molar-refractivity contribution in [2.75, 3.05) is 23.7 Å². The Morgan fingerprint density at radius 1 is 1.03 bits per heavy atom. The third-order valence-electron chi connectivity index (χ3n) is 5.99. The topological polar surface area (TPSA) is 109 Å². The fraction of sp³-hybridized carbons (Fsp3) is 0.435. The predicted molar refractivity (Wildman–Crippen MR) is 121 cm³/mol. The smallest absolute Gasteiger partial charge is 0.259 e. The van der Waals surface area contributed by atoms with E-state index < -0.39 is 11.6 Å². The normalized spacial score (nSPS) is 20.4. The van der Waals surface area contributed by atoms with Crippen LogP contribution in [0.25, 0.3) is 5.65 Å². The zero-order valence-corrected chi connectivity index (χ0v) is 18.3.